The number of hydrogen-bond donors (Lipinski definition) is 0. The molecule has 0 saturated carbocycles. The minimum atomic E-state index is -3.99. The highest BCUT2D eigenvalue weighted by atomic mass is 32.2. The molecule has 2 heterocycles. The first-order valence-corrected chi connectivity index (χ1v) is 10.6. The number of ether oxygens (including phenoxy) is 2. The Hall–Kier alpha value is -3.13. The number of benzene rings is 1. The van der Waals surface area contributed by atoms with Crippen molar-refractivity contribution in [2.45, 2.75) is 24.2 Å². The smallest absolute Gasteiger partial charge is 0.339 e. The van der Waals surface area contributed by atoms with Crippen molar-refractivity contribution in [3.05, 3.63) is 65.5 Å². The molecule has 0 amide bonds. The van der Waals surface area contributed by atoms with Crippen LogP contribution in [0.25, 0.3) is 11.3 Å². The second kappa shape index (κ2) is 7.36. The SMILES string of the molecule is COC(=O)c1cn(S(=O)(=O)c2ccc(OC)nc2)c2c1CCCc1ccccc1-2. The number of pyridine rings is 1. The third kappa shape index (κ3) is 3.19. The number of aromatic nitrogens is 2. The second-order valence-electron chi connectivity index (χ2n) is 6.71. The van der Waals surface area contributed by atoms with E-state index in [0.29, 0.717) is 23.6 Å². The molecule has 0 unspecified atom stereocenters. The van der Waals surface area contributed by atoms with Crippen LogP contribution in [0.2, 0.25) is 0 Å². The van der Waals surface area contributed by atoms with Gasteiger partial charge in [-0.2, -0.15) is 0 Å². The van der Waals surface area contributed by atoms with E-state index in [-0.39, 0.29) is 10.5 Å². The monoisotopic (exact) mass is 412 g/mol. The molecule has 3 aromatic rings. The Labute approximate surface area is 169 Å². The molecule has 8 heteroatoms. The Morgan fingerprint density at radius 1 is 1.10 bits per heavy atom. The quantitative estimate of drug-likeness (QED) is 0.612. The van der Waals surface area contributed by atoms with Crippen molar-refractivity contribution in [1.82, 2.24) is 8.96 Å². The fourth-order valence-electron chi connectivity index (χ4n) is 3.71. The lowest BCUT2D eigenvalue weighted by Crippen LogP contribution is -2.14. The van der Waals surface area contributed by atoms with Crippen molar-refractivity contribution >= 4 is 16.0 Å². The molecule has 29 heavy (non-hydrogen) atoms. The van der Waals surface area contributed by atoms with Gasteiger partial charge in [-0.25, -0.2) is 22.2 Å². The molecule has 0 N–H and O–H groups in total. The van der Waals surface area contributed by atoms with Crippen molar-refractivity contribution in [3.63, 3.8) is 0 Å². The molecule has 7 nitrogen and oxygen atoms in total. The van der Waals surface area contributed by atoms with Gasteiger partial charge in [0.15, 0.2) is 0 Å². The molecule has 4 rings (SSSR count). The highest BCUT2D eigenvalue weighted by Crippen LogP contribution is 2.37. The van der Waals surface area contributed by atoms with E-state index in [1.807, 2.05) is 24.3 Å². The molecular formula is C21H20N2O5S. The molecule has 2 aromatic heterocycles. The van der Waals surface area contributed by atoms with Gasteiger partial charge in [-0.1, -0.05) is 24.3 Å². The van der Waals surface area contributed by atoms with E-state index in [1.54, 1.807) is 0 Å². The Kier molecular flexibility index (Phi) is 4.87. The van der Waals surface area contributed by atoms with Gasteiger partial charge >= 0.3 is 5.97 Å². The highest BCUT2D eigenvalue weighted by molar-refractivity contribution is 7.90. The van der Waals surface area contributed by atoms with E-state index in [9.17, 15) is 13.2 Å². The number of carbonyl (C=O) groups excluding carboxylic acids is 1. The number of aryl methyl sites for hydroxylation is 1. The minimum Gasteiger partial charge on any atom is -0.481 e. The van der Waals surface area contributed by atoms with Crippen LogP contribution in [0.1, 0.15) is 27.9 Å². The zero-order chi connectivity index (χ0) is 20.6. The molecule has 0 atom stereocenters. The van der Waals surface area contributed by atoms with Crippen LogP contribution in [0.15, 0.2) is 53.7 Å². The molecule has 0 aliphatic heterocycles. The van der Waals surface area contributed by atoms with Crippen LogP contribution in [0, 0.1) is 0 Å². The molecule has 1 aromatic carbocycles. The topological polar surface area (TPSA) is 87.5 Å². The summed E-state index contributed by atoms with van der Waals surface area (Å²) in [5.41, 5.74) is 3.32. The molecule has 1 aliphatic carbocycles. The maximum absolute atomic E-state index is 13.5. The molecule has 0 fully saturated rings. The largest absolute Gasteiger partial charge is 0.481 e. The molecule has 150 valence electrons. The summed E-state index contributed by atoms with van der Waals surface area (Å²) in [6.07, 6.45) is 4.80. The van der Waals surface area contributed by atoms with Gasteiger partial charge in [0.05, 0.1) is 31.7 Å². The van der Waals surface area contributed by atoms with E-state index in [1.165, 1.54) is 42.7 Å². The first-order valence-electron chi connectivity index (χ1n) is 9.14. The van der Waals surface area contributed by atoms with Gasteiger partial charge in [0.1, 0.15) is 4.90 Å². The zero-order valence-electron chi connectivity index (χ0n) is 16.1. The van der Waals surface area contributed by atoms with E-state index in [4.69, 9.17) is 9.47 Å². The second-order valence-corrected chi connectivity index (χ2v) is 8.52. The number of rotatable bonds is 4. The van der Waals surface area contributed by atoms with Gasteiger partial charge in [0, 0.05) is 17.8 Å². The number of nitrogens with zero attached hydrogens (tertiary/aromatic N) is 2. The van der Waals surface area contributed by atoms with Crippen LogP contribution in [0.5, 0.6) is 5.88 Å². The third-order valence-electron chi connectivity index (χ3n) is 5.10. The van der Waals surface area contributed by atoms with Crippen LogP contribution in [-0.4, -0.2) is 37.6 Å². The maximum Gasteiger partial charge on any atom is 0.339 e. The van der Waals surface area contributed by atoms with E-state index in [0.717, 1.165) is 24.0 Å². The zero-order valence-corrected chi connectivity index (χ0v) is 16.9. The average molecular weight is 412 g/mol. The van der Waals surface area contributed by atoms with Crippen molar-refractivity contribution in [3.8, 4) is 17.1 Å². The van der Waals surface area contributed by atoms with Gasteiger partial charge in [-0.15, -0.1) is 0 Å². The van der Waals surface area contributed by atoms with Gasteiger partial charge in [0.25, 0.3) is 10.0 Å². The van der Waals surface area contributed by atoms with Crippen molar-refractivity contribution < 1.29 is 22.7 Å². The normalized spacial score (nSPS) is 13.2. The van der Waals surface area contributed by atoms with Crippen LogP contribution in [0.4, 0.5) is 0 Å². The van der Waals surface area contributed by atoms with Crippen LogP contribution >= 0.6 is 0 Å². The van der Waals surface area contributed by atoms with Crippen LogP contribution in [0.3, 0.4) is 0 Å². The maximum atomic E-state index is 13.5. The van der Waals surface area contributed by atoms with E-state index >= 15 is 0 Å². The van der Waals surface area contributed by atoms with E-state index < -0.39 is 16.0 Å². The average Bonchev–Trinajstić information content (AvgIpc) is 3.03. The fraction of sp³-hybridized carbons (Fsp3) is 0.238. The summed E-state index contributed by atoms with van der Waals surface area (Å²) in [4.78, 5) is 16.4. The lowest BCUT2D eigenvalue weighted by molar-refractivity contribution is 0.0599. The molecular weight excluding hydrogens is 392 g/mol. The number of esters is 1. The summed E-state index contributed by atoms with van der Waals surface area (Å²) in [5.74, 6) is -0.238. The van der Waals surface area contributed by atoms with Crippen molar-refractivity contribution in [2.24, 2.45) is 0 Å². The first-order chi connectivity index (χ1) is 14.0. The lowest BCUT2D eigenvalue weighted by Gasteiger charge is -2.13. The Bertz CT molecular complexity index is 1180. The molecule has 0 spiro atoms. The standard InChI is InChI=1S/C21H20N2O5S/c1-27-19-11-10-15(12-22-19)29(25,26)23-13-18(21(24)28-2)17-9-5-7-14-6-3-4-8-16(14)20(17)23/h3-4,6,8,10-13H,5,7,9H2,1-2H3. The predicted octanol–water partition coefficient (Wildman–Crippen LogP) is 3.07. The highest BCUT2D eigenvalue weighted by Gasteiger charge is 2.31. The summed E-state index contributed by atoms with van der Waals surface area (Å²) >= 11 is 0. The fourth-order valence-corrected chi connectivity index (χ4v) is 5.05. The van der Waals surface area contributed by atoms with Crippen molar-refractivity contribution in [1.29, 1.82) is 0 Å². The Morgan fingerprint density at radius 2 is 1.90 bits per heavy atom. The van der Waals surface area contributed by atoms with Crippen LogP contribution in [-0.2, 0) is 27.6 Å². The van der Waals surface area contributed by atoms with Gasteiger partial charge in [-0.3, -0.25) is 0 Å². The van der Waals surface area contributed by atoms with E-state index in [2.05, 4.69) is 4.98 Å². The molecule has 1 aliphatic rings. The Balaban J connectivity index is 1.99. The lowest BCUT2D eigenvalue weighted by atomic mass is 10.0. The minimum absolute atomic E-state index is 0.00856. The van der Waals surface area contributed by atoms with Gasteiger partial charge in [0.2, 0.25) is 5.88 Å². The first kappa shape index (κ1) is 19.2. The summed E-state index contributed by atoms with van der Waals surface area (Å²) in [6.45, 7) is 0. The summed E-state index contributed by atoms with van der Waals surface area (Å²) < 4.78 is 38.1. The van der Waals surface area contributed by atoms with Crippen LogP contribution < -0.4 is 4.74 Å². The number of hydrogen-bond acceptors (Lipinski definition) is 6. The third-order valence-corrected chi connectivity index (χ3v) is 6.75. The molecule has 0 saturated heterocycles. The Morgan fingerprint density at radius 3 is 2.59 bits per heavy atom. The number of carbonyl (C=O) groups is 1. The van der Waals surface area contributed by atoms with Gasteiger partial charge in [-0.05, 0) is 36.5 Å². The number of fused-ring (bicyclic) bond motifs is 3. The summed E-state index contributed by atoms with van der Waals surface area (Å²) in [7, 11) is -1.24. The molecule has 0 radical (unpaired) electrons. The van der Waals surface area contributed by atoms with Gasteiger partial charge < -0.3 is 9.47 Å². The summed E-state index contributed by atoms with van der Waals surface area (Å²) in [5, 5.41) is 0. The number of methoxy groups -OCH3 is 2. The predicted molar refractivity (Wildman–Crippen MR) is 107 cm³/mol. The summed E-state index contributed by atoms with van der Waals surface area (Å²) in [6, 6.07) is 10.6. The van der Waals surface area contributed by atoms with Crippen molar-refractivity contribution in [2.75, 3.05) is 14.2 Å². The molecule has 0 bridgehead atoms.